The van der Waals surface area contributed by atoms with Crippen LogP contribution in [0.1, 0.15) is 29.9 Å². The summed E-state index contributed by atoms with van der Waals surface area (Å²) in [7, 11) is 0. The summed E-state index contributed by atoms with van der Waals surface area (Å²) in [5.41, 5.74) is 4.62. The van der Waals surface area contributed by atoms with E-state index in [0.717, 1.165) is 18.0 Å². The van der Waals surface area contributed by atoms with Crippen molar-refractivity contribution in [1.82, 2.24) is 4.90 Å². The summed E-state index contributed by atoms with van der Waals surface area (Å²) in [5.74, 6) is 0.760. The number of hydrogen-bond acceptors (Lipinski definition) is 2. The molecule has 0 saturated carbocycles. The van der Waals surface area contributed by atoms with Crippen LogP contribution in [0.25, 0.3) is 0 Å². The standard InChI is InChI=1S/C21H24N2/c1-2-7-18(8-3-1)23-15-19-12-20(23)14-22(19)13-17-11-10-16-6-4-5-9-21(16)17/h1-9,17,19-20H,10-15H2. The van der Waals surface area contributed by atoms with Crippen LogP contribution in [0, 0.1) is 0 Å². The molecule has 2 aromatic rings. The van der Waals surface area contributed by atoms with Gasteiger partial charge in [-0.2, -0.15) is 0 Å². The van der Waals surface area contributed by atoms with Gasteiger partial charge < -0.3 is 4.90 Å². The van der Waals surface area contributed by atoms with E-state index in [9.17, 15) is 0 Å². The van der Waals surface area contributed by atoms with Crippen LogP contribution in [0.15, 0.2) is 54.6 Å². The zero-order chi connectivity index (χ0) is 15.2. The van der Waals surface area contributed by atoms with Crippen LogP contribution < -0.4 is 4.90 Å². The molecule has 2 saturated heterocycles. The molecule has 23 heavy (non-hydrogen) atoms. The second-order valence-electron chi connectivity index (χ2n) is 7.42. The molecular weight excluding hydrogens is 280 g/mol. The third kappa shape index (κ3) is 2.28. The van der Waals surface area contributed by atoms with Crippen molar-refractivity contribution in [1.29, 1.82) is 0 Å². The minimum Gasteiger partial charge on any atom is -0.366 e. The van der Waals surface area contributed by atoms with Crippen LogP contribution in [0.4, 0.5) is 5.69 Å². The van der Waals surface area contributed by atoms with Gasteiger partial charge in [-0.15, -0.1) is 0 Å². The van der Waals surface area contributed by atoms with Crippen LogP contribution in [0.3, 0.4) is 0 Å². The summed E-state index contributed by atoms with van der Waals surface area (Å²) in [4.78, 5) is 5.40. The first-order valence-corrected chi connectivity index (χ1v) is 9.02. The van der Waals surface area contributed by atoms with Crippen LogP contribution in [-0.2, 0) is 6.42 Å². The van der Waals surface area contributed by atoms with Crippen molar-refractivity contribution in [3.63, 3.8) is 0 Å². The number of piperazine rings is 1. The fourth-order valence-corrected chi connectivity index (χ4v) is 5.03. The first-order valence-electron chi connectivity index (χ1n) is 9.02. The molecular formula is C21H24N2. The molecule has 0 N–H and O–H groups in total. The zero-order valence-corrected chi connectivity index (χ0v) is 13.6. The van der Waals surface area contributed by atoms with E-state index in [0.29, 0.717) is 0 Å². The second-order valence-corrected chi connectivity index (χ2v) is 7.42. The lowest BCUT2D eigenvalue weighted by Gasteiger charge is -2.36. The lowest BCUT2D eigenvalue weighted by Crippen LogP contribution is -2.47. The van der Waals surface area contributed by atoms with Gasteiger partial charge in [-0.3, -0.25) is 4.90 Å². The fraction of sp³-hybridized carbons (Fsp3) is 0.429. The van der Waals surface area contributed by atoms with Gasteiger partial charge in [-0.05, 0) is 48.4 Å². The number of hydrogen-bond donors (Lipinski definition) is 0. The van der Waals surface area contributed by atoms with Crippen molar-refractivity contribution in [2.75, 3.05) is 24.5 Å². The molecule has 0 amide bonds. The van der Waals surface area contributed by atoms with Gasteiger partial charge in [-0.1, -0.05) is 42.5 Å². The predicted octanol–water partition coefficient (Wildman–Crippen LogP) is 3.68. The lowest BCUT2D eigenvalue weighted by atomic mass is 10.0. The normalized spacial score (nSPS) is 29.2. The van der Waals surface area contributed by atoms with Crippen molar-refractivity contribution in [3.05, 3.63) is 65.7 Å². The third-order valence-electron chi connectivity index (χ3n) is 6.15. The van der Waals surface area contributed by atoms with E-state index in [1.807, 2.05) is 0 Å². The van der Waals surface area contributed by atoms with E-state index in [-0.39, 0.29) is 0 Å². The van der Waals surface area contributed by atoms with Gasteiger partial charge in [0.2, 0.25) is 0 Å². The molecule has 2 nitrogen and oxygen atoms in total. The van der Waals surface area contributed by atoms with Crippen molar-refractivity contribution in [2.24, 2.45) is 0 Å². The number of likely N-dealkylation sites (tertiary alicyclic amines) is 1. The zero-order valence-electron chi connectivity index (χ0n) is 13.6. The Hall–Kier alpha value is -1.80. The molecule has 2 heterocycles. The minimum atomic E-state index is 0.721. The van der Waals surface area contributed by atoms with Gasteiger partial charge in [0.15, 0.2) is 0 Å². The van der Waals surface area contributed by atoms with Crippen molar-refractivity contribution < 1.29 is 0 Å². The Labute approximate surface area is 138 Å². The van der Waals surface area contributed by atoms with E-state index in [1.54, 1.807) is 11.1 Å². The topological polar surface area (TPSA) is 6.48 Å². The van der Waals surface area contributed by atoms with Gasteiger partial charge in [0.05, 0.1) is 0 Å². The smallest absolute Gasteiger partial charge is 0.0433 e. The summed E-state index contributed by atoms with van der Waals surface area (Å²) >= 11 is 0. The molecule has 2 fully saturated rings. The maximum atomic E-state index is 2.77. The first kappa shape index (κ1) is 13.6. The van der Waals surface area contributed by atoms with Crippen molar-refractivity contribution in [3.8, 4) is 0 Å². The fourth-order valence-electron chi connectivity index (χ4n) is 5.03. The average Bonchev–Trinajstić information content (AvgIpc) is 3.30. The SMILES string of the molecule is c1ccc(N2CC3CC2CN3CC2CCc3ccccc32)cc1. The summed E-state index contributed by atoms with van der Waals surface area (Å²) in [6, 6.07) is 21.5. The highest BCUT2D eigenvalue weighted by atomic mass is 15.3. The highest BCUT2D eigenvalue weighted by Gasteiger charge is 2.44. The van der Waals surface area contributed by atoms with Crippen LogP contribution in [0.2, 0.25) is 0 Å². The average molecular weight is 304 g/mol. The summed E-state index contributed by atoms with van der Waals surface area (Å²) < 4.78 is 0. The Balaban J connectivity index is 1.28. The first-order chi connectivity index (χ1) is 11.4. The molecule has 0 radical (unpaired) electrons. The minimum absolute atomic E-state index is 0.721. The molecule has 3 atom stereocenters. The molecule has 1 aliphatic carbocycles. The molecule has 2 aliphatic heterocycles. The second kappa shape index (κ2) is 5.38. The number of fused-ring (bicyclic) bond motifs is 3. The lowest BCUT2D eigenvalue weighted by molar-refractivity contribution is 0.223. The van der Waals surface area contributed by atoms with Crippen molar-refractivity contribution >= 4 is 5.69 Å². The van der Waals surface area contributed by atoms with E-state index in [4.69, 9.17) is 0 Å². The molecule has 2 heteroatoms. The summed E-state index contributed by atoms with van der Waals surface area (Å²) in [6.07, 6.45) is 3.97. The quantitative estimate of drug-likeness (QED) is 0.853. The Bertz CT molecular complexity index is 696. The van der Waals surface area contributed by atoms with Gasteiger partial charge in [-0.25, -0.2) is 0 Å². The number of anilines is 1. The van der Waals surface area contributed by atoms with Gasteiger partial charge in [0.25, 0.3) is 0 Å². The highest BCUT2D eigenvalue weighted by Crippen LogP contribution is 2.39. The van der Waals surface area contributed by atoms with E-state index >= 15 is 0 Å². The highest BCUT2D eigenvalue weighted by molar-refractivity contribution is 5.49. The Morgan fingerprint density at radius 2 is 1.70 bits per heavy atom. The number of benzene rings is 2. The molecule has 0 spiro atoms. The predicted molar refractivity (Wildman–Crippen MR) is 95.1 cm³/mol. The largest absolute Gasteiger partial charge is 0.366 e. The van der Waals surface area contributed by atoms with Gasteiger partial charge in [0.1, 0.15) is 0 Å². The van der Waals surface area contributed by atoms with Gasteiger partial charge in [0, 0.05) is 37.4 Å². The van der Waals surface area contributed by atoms with Crippen molar-refractivity contribution in [2.45, 2.75) is 37.3 Å². The van der Waals surface area contributed by atoms with E-state index in [2.05, 4.69) is 64.4 Å². The van der Waals surface area contributed by atoms with Gasteiger partial charge >= 0.3 is 0 Å². The maximum absolute atomic E-state index is 2.77. The molecule has 2 aromatic carbocycles. The Morgan fingerprint density at radius 1 is 0.870 bits per heavy atom. The molecule has 3 unspecified atom stereocenters. The summed E-state index contributed by atoms with van der Waals surface area (Å²) in [6.45, 7) is 3.72. The number of aryl methyl sites for hydroxylation is 1. The number of rotatable bonds is 3. The maximum Gasteiger partial charge on any atom is 0.0433 e. The third-order valence-corrected chi connectivity index (χ3v) is 6.15. The molecule has 118 valence electrons. The Kier molecular flexibility index (Phi) is 3.19. The van der Waals surface area contributed by atoms with E-state index < -0.39 is 0 Å². The Morgan fingerprint density at radius 3 is 2.52 bits per heavy atom. The van der Waals surface area contributed by atoms with E-state index in [1.165, 1.54) is 44.6 Å². The monoisotopic (exact) mass is 304 g/mol. The molecule has 3 aliphatic rings. The van der Waals surface area contributed by atoms with Crippen LogP contribution in [-0.4, -0.2) is 36.6 Å². The number of para-hydroxylation sites is 1. The molecule has 0 aromatic heterocycles. The number of nitrogens with zero attached hydrogens (tertiary/aromatic N) is 2. The van der Waals surface area contributed by atoms with Crippen LogP contribution >= 0.6 is 0 Å². The molecule has 5 rings (SSSR count). The van der Waals surface area contributed by atoms with Crippen LogP contribution in [0.5, 0.6) is 0 Å². The summed E-state index contributed by atoms with van der Waals surface area (Å²) in [5, 5.41) is 0. The molecule has 2 bridgehead atoms.